The van der Waals surface area contributed by atoms with Gasteiger partial charge in [0.2, 0.25) is 0 Å². The predicted molar refractivity (Wildman–Crippen MR) is 48.0 cm³/mol. The summed E-state index contributed by atoms with van der Waals surface area (Å²) in [7, 11) is 0. The van der Waals surface area contributed by atoms with E-state index in [-0.39, 0.29) is 5.56 Å². The molecule has 0 aliphatic rings. The number of aromatic nitrogens is 1. The lowest BCUT2D eigenvalue weighted by Gasteiger charge is -2.00. The predicted octanol–water partition coefficient (Wildman–Crippen LogP) is 2.16. The molecule has 0 radical (unpaired) electrons. The first-order valence-corrected chi connectivity index (χ1v) is 4.68. The molecule has 0 fully saturated rings. The van der Waals surface area contributed by atoms with E-state index in [1.165, 1.54) is 24.0 Å². The highest BCUT2D eigenvalue weighted by Crippen LogP contribution is 2.20. The zero-order valence-electron chi connectivity index (χ0n) is 6.24. The van der Waals surface area contributed by atoms with Crippen molar-refractivity contribution in [2.75, 3.05) is 6.26 Å². The van der Waals surface area contributed by atoms with Gasteiger partial charge in [0.1, 0.15) is 5.03 Å². The van der Waals surface area contributed by atoms with Crippen molar-refractivity contribution in [2.24, 2.45) is 0 Å². The third-order valence-corrected chi connectivity index (χ3v) is 2.16. The summed E-state index contributed by atoms with van der Waals surface area (Å²) in [4.78, 5) is 14.5. The standard InChI is InChI=1S/C7H6ClNO2S/c1-12-6-5(7(10)11)2-4(8)3-9-6/h2-3H,1H3,(H,10,11). The molecule has 0 saturated heterocycles. The summed E-state index contributed by atoms with van der Waals surface area (Å²) in [6.07, 6.45) is 3.20. The van der Waals surface area contributed by atoms with Gasteiger partial charge in [0.05, 0.1) is 10.6 Å². The quantitative estimate of drug-likeness (QED) is 0.749. The summed E-state index contributed by atoms with van der Waals surface area (Å²) in [5.74, 6) is -1.01. The topological polar surface area (TPSA) is 50.2 Å². The van der Waals surface area contributed by atoms with E-state index in [9.17, 15) is 4.79 Å². The highest BCUT2D eigenvalue weighted by molar-refractivity contribution is 7.98. The largest absolute Gasteiger partial charge is 0.478 e. The van der Waals surface area contributed by atoms with Gasteiger partial charge in [-0.3, -0.25) is 0 Å². The number of rotatable bonds is 2. The molecule has 1 heterocycles. The molecule has 3 nitrogen and oxygen atoms in total. The molecule has 5 heteroatoms. The number of hydrogen-bond donors (Lipinski definition) is 1. The summed E-state index contributed by atoms with van der Waals surface area (Å²) in [6.45, 7) is 0. The number of thioether (sulfide) groups is 1. The van der Waals surface area contributed by atoms with E-state index in [1.807, 2.05) is 0 Å². The van der Waals surface area contributed by atoms with Crippen molar-refractivity contribution < 1.29 is 9.90 Å². The minimum atomic E-state index is -1.01. The normalized spacial score (nSPS) is 9.83. The smallest absolute Gasteiger partial charge is 0.338 e. The molecule has 0 spiro atoms. The Morgan fingerprint density at radius 1 is 1.75 bits per heavy atom. The molecule has 1 rings (SSSR count). The van der Waals surface area contributed by atoms with E-state index < -0.39 is 5.97 Å². The monoisotopic (exact) mass is 203 g/mol. The number of pyridine rings is 1. The summed E-state index contributed by atoms with van der Waals surface area (Å²) >= 11 is 6.86. The van der Waals surface area contributed by atoms with Gasteiger partial charge in [-0.15, -0.1) is 11.8 Å². The van der Waals surface area contributed by atoms with E-state index in [4.69, 9.17) is 16.7 Å². The maximum absolute atomic E-state index is 10.6. The average molecular weight is 204 g/mol. The first-order chi connectivity index (χ1) is 5.65. The zero-order valence-corrected chi connectivity index (χ0v) is 7.82. The molecular weight excluding hydrogens is 198 g/mol. The first-order valence-electron chi connectivity index (χ1n) is 3.08. The molecule has 12 heavy (non-hydrogen) atoms. The molecule has 0 saturated carbocycles. The number of aromatic carboxylic acids is 1. The zero-order chi connectivity index (χ0) is 9.14. The Kier molecular flexibility index (Phi) is 2.94. The number of halogens is 1. The molecule has 0 bridgehead atoms. The fourth-order valence-corrected chi connectivity index (χ4v) is 1.42. The van der Waals surface area contributed by atoms with Gasteiger partial charge in [0.25, 0.3) is 0 Å². The SMILES string of the molecule is CSc1ncc(Cl)cc1C(=O)O. The van der Waals surface area contributed by atoms with E-state index in [0.717, 1.165) is 0 Å². The van der Waals surface area contributed by atoms with Crippen molar-refractivity contribution in [3.8, 4) is 0 Å². The minimum Gasteiger partial charge on any atom is -0.478 e. The second-order valence-corrected chi connectivity index (χ2v) is 3.25. The number of carbonyl (C=O) groups is 1. The molecule has 1 aromatic rings. The average Bonchev–Trinajstić information content (AvgIpc) is 2.04. The third kappa shape index (κ3) is 1.89. The van der Waals surface area contributed by atoms with Gasteiger partial charge in [-0.25, -0.2) is 9.78 Å². The lowest BCUT2D eigenvalue weighted by molar-refractivity contribution is 0.0692. The molecule has 0 unspecified atom stereocenters. The fourth-order valence-electron chi connectivity index (χ4n) is 0.743. The van der Waals surface area contributed by atoms with Crippen LogP contribution in [0.15, 0.2) is 17.3 Å². The molecule has 1 N–H and O–H groups in total. The Bertz CT molecular complexity index is 316. The number of carboxylic acid groups (broad SMARTS) is 1. The Balaban J connectivity index is 3.21. The van der Waals surface area contributed by atoms with Crippen LogP contribution < -0.4 is 0 Å². The number of hydrogen-bond acceptors (Lipinski definition) is 3. The summed E-state index contributed by atoms with van der Waals surface area (Å²) < 4.78 is 0. The highest BCUT2D eigenvalue weighted by Gasteiger charge is 2.10. The van der Waals surface area contributed by atoms with Gasteiger partial charge in [-0.1, -0.05) is 11.6 Å². The minimum absolute atomic E-state index is 0.148. The molecule has 0 aliphatic heterocycles. The second kappa shape index (κ2) is 3.78. The van der Waals surface area contributed by atoms with Crippen LogP contribution in [0, 0.1) is 0 Å². The molecule has 0 aromatic carbocycles. The van der Waals surface area contributed by atoms with E-state index in [0.29, 0.717) is 10.0 Å². The van der Waals surface area contributed by atoms with Gasteiger partial charge in [-0.2, -0.15) is 0 Å². The van der Waals surface area contributed by atoms with Crippen LogP contribution in [0.25, 0.3) is 0 Å². The van der Waals surface area contributed by atoms with Crippen LogP contribution in [-0.2, 0) is 0 Å². The van der Waals surface area contributed by atoms with Crippen molar-refractivity contribution >= 4 is 29.3 Å². The van der Waals surface area contributed by atoms with Crippen LogP contribution in [-0.4, -0.2) is 22.3 Å². The number of nitrogens with zero attached hydrogens (tertiary/aromatic N) is 1. The molecule has 64 valence electrons. The Labute approximate surface area is 78.8 Å². The van der Waals surface area contributed by atoms with E-state index in [2.05, 4.69) is 4.98 Å². The Morgan fingerprint density at radius 3 is 2.92 bits per heavy atom. The van der Waals surface area contributed by atoms with Gasteiger partial charge >= 0.3 is 5.97 Å². The van der Waals surface area contributed by atoms with Crippen LogP contribution in [0.4, 0.5) is 0 Å². The van der Waals surface area contributed by atoms with Crippen LogP contribution in [0.3, 0.4) is 0 Å². The maximum Gasteiger partial charge on any atom is 0.338 e. The van der Waals surface area contributed by atoms with Crippen LogP contribution >= 0.6 is 23.4 Å². The van der Waals surface area contributed by atoms with Gasteiger partial charge in [0.15, 0.2) is 0 Å². The van der Waals surface area contributed by atoms with Crippen molar-refractivity contribution in [1.29, 1.82) is 0 Å². The third-order valence-electron chi connectivity index (χ3n) is 1.24. The van der Waals surface area contributed by atoms with Crippen molar-refractivity contribution in [3.05, 3.63) is 22.8 Å². The number of carboxylic acids is 1. The van der Waals surface area contributed by atoms with Crippen molar-refractivity contribution in [3.63, 3.8) is 0 Å². The molecule has 1 aromatic heterocycles. The summed E-state index contributed by atoms with van der Waals surface area (Å²) in [5, 5.41) is 9.53. The molecule has 0 amide bonds. The Hall–Kier alpha value is -0.740. The Morgan fingerprint density at radius 2 is 2.42 bits per heavy atom. The fraction of sp³-hybridized carbons (Fsp3) is 0.143. The molecular formula is C7H6ClNO2S. The van der Waals surface area contributed by atoms with Crippen LogP contribution in [0.2, 0.25) is 5.02 Å². The second-order valence-electron chi connectivity index (χ2n) is 2.02. The van der Waals surface area contributed by atoms with Crippen molar-refractivity contribution in [1.82, 2.24) is 4.98 Å². The highest BCUT2D eigenvalue weighted by atomic mass is 35.5. The summed E-state index contributed by atoms with van der Waals surface area (Å²) in [6, 6.07) is 1.39. The maximum atomic E-state index is 10.6. The van der Waals surface area contributed by atoms with Crippen molar-refractivity contribution in [2.45, 2.75) is 5.03 Å². The summed E-state index contributed by atoms with van der Waals surface area (Å²) in [5.41, 5.74) is 0.148. The van der Waals surface area contributed by atoms with E-state index in [1.54, 1.807) is 6.26 Å². The van der Waals surface area contributed by atoms with Gasteiger partial charge in [-0.05, 0) is 12.3 Å². The van der Waals surface area contributed by atoms with Gasteiger partial charge in [0, 0.05) is 6.20 Å². The lowest BCUT2D eigenvalue weighted by atomic mass is 10.3. The van der Waals surface area contributed by atoms with Gasteiger partial charge < -0.3 is 5.11 Å². The first kappa shape index (κ1) is 9.35. The van der Waals surface area contributed by atoms with Crippen LogP contribution in [0.1, 0.15) is 10.4 Å². The molecule has 0 aliphatic carbocycles. The van der Waals surface area contributed by atoms with Crippen LogP contribution in [0.5, 0.6) is 0 Å². The van der Waals surface area contributed by atoms with E-state index >= 15 is 0 Å². The lowest BCUT2D eigenvalue weighted by Crippen LogP contribution is -2.00. The molecule has 0 atom stereocenters.